The van der Waals surface area contributed by atoms with Crippen molar-refractivity contribution in [3.63, 3.8) is 0 Å². The van der Waals surface area contributed by atoms with Crippen LogP contribution in [0.1, 0.15) is 12.0 Å². The summed E-state index contributed by atoms with van der Waals surface area (Å²) in [5, 5.41) is 6.25. The van der Waals surface area contributed by atoms with Crippen molar-refractivity contribution in [1.29, 1.82) is 0 Å². The standard InChI is InChI=1S/C18H23N3O2S/c1-20(2)6-7-21-12-15(10-17(21)22)18(23)19-11-13-3-4-16-14(9-13)5-8-24-16/h3-5,8-9,15H,6-7,10-12H2,1-2H3,(H,19,23)/t15-/m0/s1. The molecule has 0 unspecified atom stereocenters. The van der Waals surface area contributed by atoms with Crippen molar-refractivity contribution >= 4 is 33.2 Å². The normalized spacial score (nSPS) is 17.9. The molecule has 128 valence electrons. The van der Waals surface area contributed by atoms with Gasteiger partial charge in [0.1, 0.15) is 0 Å². The maximum atomic E-state index is 12.4. The van der Waals surface area contributed by atoms with Gasteiger partial charge in [0.25, 0.3) is 0 Å². The van der Waals surface area contributed by atoms with Crippen LogP contribution in [0.4, 0.5) is 0 Å². The minimum absolute atomic E-state index is 0.0267. The maximum absolute atomic E-state index is 12.4. The summed E-state index contributed by atoms with van der Waals surface area (Å²) in [7, 11) is 3.96. The average Bonchev–Trinajstić information content (AvgIpc) is 3.16. The van der Waals surface area contributed by atoms with Crippen molar-refractivity contribution in [2.24, 2.45) is 5.92 Å². The molecule has 1 aliphatic heterocycles. The minimum atomic E-state index is -0.232. The molecule has 0 aliphatic carbocycles. The van der Waals surface area contributed by atoms with Crippen LogP contribution in [-0.4, -0.2) is 55.3 Å². The third-order valence-electron chi connectivity index (χ3n) is 4.39. The van der Waals surface area contributed by atoms with E-state index in [0.717, 1.165) is 12.1 Å². The molecule has 2 amide bonds. The molecule has 6 heteroatoms. The first-order valence-electron chi connectivity index (χ1n) is 8.19. The van der Waals surface area contributed by atoms with Crippen LogP contribution >= 0.6 is 11.3 Å². The van der Waals surface area contributed by atoms with Gasteiger partial charge in [0.2, 0.25) is 11.8 Å². The SMILES string of the molecule is CN(C)CCN1C[C@@H](C(=O)NCc2ccc3sccc3c2)CC1=O. The van der Waals surface area contributed by atoms with Gasteiger partial charge in [0.15, 0.2) is 0 Å². The number of hydrogen-bond acceptors (Lipinski definition) is 4. The van der Waals surface area contributed by atoms with Crippen LogP contribution in [0.15, 0.2) is 29.6 Å². The molecule has 1 aromatic heterocycles. The largest absolute Gasteiger partial charge is 0.352 e. The lowest BCUT2D eigenvalue weighted by atomic mass is 10.1. The van der Waals surface area contributed by atoms with Gasteiger partial charge in [0.05, 0.1) is 5.92 Å². The Kier molecular flexibility index (Phi) is 5.16. The molecule has 1 N–H and O–H groups in total. The summed E-state index contributed by atoms with van der Waals surface area (Å²) in [6.45, 7) is 2.54. The van der Waals surface area contributed by atoms with Crippen LogP contribution < -0.4 is 5.32 Å². The van der Waals surface area contributed by atoms with Crippen molar-refractivity contribution in [2.75, 3.05) is 33.7 Å². The zero-order chi connectivity index (χ0) is 17.1. The van der Waals surface area contributed by atoms with Gasteiger partial charge >= 0.3 is 0 Å². The molecule has 1 aromatic carbocycles. The predicted molar refractivity (Wildman–Crippen MR) is 96.9 cm³/mol. The molecule has 0 saturated carbocycles. The number of fused-ring (bicyclic) bond motifs is 1. The van der Waals surface area contributed by atoms with Crippen molar-refractivity contribution in [2.45, 2.75) is 13.0 Å². The summed E-state index contributed by atoms with van der Waals surface area (Å²) in [5.74, 6) is -0.178. The average molecular weight is 345 g/mol. The van der Waals surface area contributed by atoms with Gasteiger partial charge < -0.3 is 15.1 Å². The summed E-state index contributed by atoms with van der Waals surface area (Å²) >= 11 is 1.71. The molecule has 3 rings (SSSR count). The summed E-state index contributed by atoms with van der Waals surface area (Å²) in [5.41, 5.74) is 1.09. The summed E-state index contributed by atoms with van der Waals surface area (Å²) in [6, 6.07) is 8.32. The van der Waals surface area contributed by atoms with Crippen LogP contribution in [0.25, 0.3) is 10.1 Å². The molecule has 1 atom stereocenters. The van der Waals surface area contributed by atoms with Crippen LogP contribution in [0.3, 0.4) is 0 Å². The van der Waals surface area contributed by atoms with E-state index in [1.54, 1.807) is 16.2 Å². The second kappa shape index (κ2) is 7.32. The molecule has 0 radical (unpaired) electrons. The Bertz CT molecular complexity index is 741. The van der Waals surface area contributed by atoms with E-state index < -0.39 is 0 Å². The second-order valence-electron chi connectivity index (χ2n) is 6.55. The van der Waals surface area contributed by atoms with Gasteiger partial charge in [-0.3, -0.25) is 9.59 Å². The number of carbonyl (C=O) groups excluding carboxylic acids is 2. The smallest absolute Gasteiger partial charge is 0.225 e. The van der Waals surface area contributed by atoms with E-state index in [0.29, 0.717) is 26.1 Å². The fourth-order valence-electron chi connectivity index (χ4n) is 2.94. The quantitative estimate of drug-likeness (QED) is 0.870. The zero-order valence-corrected chi connectivity index (χ0v) is 14.9. The first kappa shape index (κ1) is 16.9. The molecule has 1 saturated heterocycles. The Morgan fingerprint density at radius 1 is 1.38 bits per heavy atom. The first-order valence-corrected chi connectivity index (χ1v) is 9.07. The highest BCUT2D eigenvalue weighted by Crippen LogP contribution is 2.22. The molecule has 24 heavy (non-hydrogen) atoms. The number of hydrogen-bond donors (Lipinski definition) is 1. The molecule has 0 spiro atoms. The molecule has 1 fully saturated rings. The number of nitrogens with zero attached hydrogens (tertiary/aromatic N) is 2. The van der Waals surface area contributed by atoms with Crippen molar-refractivity contribution in [3.05, 3.63) is 35.2 Å². The topological polar surface area (TPSA) is 52.6 Å². The monoisotopic (exact) mass is 345 g/mol. The van der Waals surface area contributed by atoms with E-state index >= 15 is 0 Å². The van der Waals surface area contributed by atoms with E-state index in [1.807, 2.05) is 25.1 Å². The molecule has 2 heterocycles. The van der Waals surface area contributed by atoms with Gasteiger partial charge in [-0.1, -0.05) is 6.07 Å². The van der Waals surface area contributed by atoms with Crippen molar-refractivity contribution < 1.29 is 9.59 Å². The van der Waals surface area contributed by atoms with Gasteiger partial charge in [-0.15, -0.1) is 11.3 Å². The van der Waals surface area contributed by atoms with Gasteiger partial charge in [-0.05, 0) is 48.6 Å². The van der Waals surface area contributed by atoms with Gasteiger partial charge in [0, 0.05) is 37.3 Å². The molecule has 5 nitrogen and oxygen atoms in total. The van der Waals surface area contributed by atoms with Gasteiger partial charge in [-0.25, -0.2) is 0 Å². The van der Waals surface area contributed by atoms with Crippen LogP contribution in [-0.2, 0) is 16.1 Å². The maximum Gasteiger partial charge on any atom is 0.225 e. The Hall–Kier alpha value is -1.92. The predicted octanol–water partition coefficient (Wildman–Crippen LogP) is 1.93. The highest BCUT2D eigenvalue weighted by Gasteiger charge is 2.33. The lowest BCUT2D eigenvalue weighted by molar-refractivity contribution is -0.129. The first-order chi connectivity index (χ1) is 11.5. The highest BCUT2D eigenvalue weighted by molar-refractivity contribution is 7.17. The molecule has 1 aliphatic rings. The number of amides is 2. The number of nitrogens with one attached hydrogen (secondary N) is 1. The highest BCUT2D eigenvalue weighted by atomic mass is 32.1. The van der Waals surface area contributed by atoms with Crippen LogP contribution in [0.2, 0.25) is 0 Å². The Morgan fingerprint density at radius 2 is 2.21 bits per heavy atom. The Morgan fingerprint density at radius 3 is 3.00 bits per heavy atom. The number of likely N-dealkylation sites (N-methyl/N-ethyl adjacent to an activating group) is 1. The Balaban J connectivity index is 1.52. The third kappa shape index (κ3) is 3.94. The Labute approximate surface area is 146 Å². The van der Waals surface area contributed by atoms with Crippen LogP contribution in [0, 0.1) is 5.92 Å². The third-order valence-corrected chi connectivity index (χ3v) is 5.28. The van der Waals surface area contributed by atoms with Crippen molar-refractivity contribution in [3.8, 4) is 0 Å². The van der Waals surface area contributed by atoms with E-state index in [9.17, 15) is 9.59 Å². The lowest BCUT2D eigenvalue weighted by Crippen LogP contribution is -2.35. The minimum Gasteiger partial charge on any atom is -0.352 e. The molecule has 0 bridgehead atoms. The lowest BCUT2D eigenvalue weighted by Gasteiger charge is -2.19. The van der Waals surface area contributed by atoms with E-state index in [4.69, 9.17) is 0 Å². The van der Waals surface area contributed by atoms with E-state index in [2.05, 4.69) is 28.9 Å². The zero-order valence-electron chi connectivity index (χ0n) is 14.1. The molecule has 2 aromatic rings. The number of carbonyl (C=O) groups is 2. The second-order valence-corrected chi connectivity index (χ2v) is 7.50. The fourth-order valence-corrected chi connectivity index (χ4v) is 3.72. The number of thiophene rings is 1. The summed E-state index contributed by atoms with van der Waals surface area (Å²) in [4.78, 5) is 28.2. The number of benzene rings is 1. The molecular weight excluding hydrogens is 322 g/mol. The van der Waals surface area contributed by atoms with Gasteiger partial charge in [-0.2, -0.15) is 0 Å². The number of rotatable bonds is 6. The summed E-state index contributed by atoms with van der Waals surface area (Å²) in [6.07, 6.45) is 0.322. The molecular formula is C18H23N3O2S. The van der Waals surface area contributed by atoms with Crippen molar-refractivity contribution in [1.82, 2.24) is 15.1 Å². The van der Waals surface area contributed by atoms with E-state index in [-0.39, 0.29) is 17.7 Å². The summed E-state index contributed by atoms with van der Waals surface area (Å²) < 4.78 is 1.25. The fraction of sp³-hybridized carbons (Fsp3) is 0.444. The number of likely N-dealkylation sites (tertiary alicyclic amines) is 1. The van der Waals surface area contributed by atoms with E-state index in [1.165, 1.54) is 10.1 Å². The van der Waals surface area contributed by atoms with Crippen LogP contribution in [0.5, 0.6) is 0 Å².